The minimum Gasteiger partial charge on any atom is -0.445 e. The van der Waals surface area contributed by atoms with E-state index in [2.05, 4.69) is 11.3 Å². The summed E-state index contributed by atoms with van der Waals surface area (Å²) in [7, 11) is 0. The largest absolute Gasteiger partial charge is 0.445 e. The molecule has 1 saturated heterocycles. The number of aliphatic hydroxyl groups is 1. The summed E-state index contributed by atoms with van der Waals surface area (Å²) in [5.74, 6) is 0. The van der Waals surface area contributed by atoms with Crippen molar-refractivity contribution in [2.75, 3.05) is 19.7 Å². The van der Waals surface area contributed by atoms with Crippen LogP contribution in [0.25, 0.3) is 0 Å². The van der Waals surface area contributed by atoms with Gasteiger partial charge in [0.05, 0.1) is 13.1 Å². The van der Waals surface area contributed by atoms with E-state index in [1.807, 2.05) is 0 Å². The fourth-order valence-electron chi connectivity index (χ4n) is 1.12. The lowest BCUT2D eigenvalue weighted by Gasteiger charge is -2.45. The number of hydrogen-bond donors (Lipinski definition) is 1. The Morgan fingerprint density at radius 1 is 1.60 bits per heavy atom. The second kappa shape index (κ2) is 3.73. The maximum atomic E-state index is 12.1. The van der Waals surface area contributed by atoms with Gasteiger partial charge in [0.25, 0.3) is 0 Å². The van der Waals surface area contributed by atoms with Crippen LogP contribution in [0.5, 0.6) is 0 Å². The van der Waals surface area contributed by atoms with Crippen molar-refractivity contribution in [3.8, 4) is 0 Å². The molecule has 4 nitrogen and oxygen atoms in total. The Kier molecular flexibility index (Phi) is 2.94. The normalized spacial score (nSPS) is 19.3. The van der Waals surface area contributed by atoms with Gasteiger partial charge in [-0.1, -0.05) is 12.7 Å². The Morgan fingerprint density at radius 3 is 2.53 bits per heavy atom. The molecule has 0 aromatic carbocycles. The highest BCUT2D eigenvalue weighted by molar-refractivity contribution is 5.69. The van der Waals surface area contributed by atoms with Gasteiger partial charge in [0.1, 0.15) is 6.61 Å². The molecule has 0 saturated carbocycles. The van der Waals surface area contributed by atoms with E-state index in [0.29, 0.717) is 0 Å². The highest BCUT2D eigenvalue weighted by Gasteiger charge is 2.62. The SMILES string of the molecule is C=CCOC(=O)N1CC(O)(C(F)(F)F)C1. The van der Waals surface area contributed by atoms with Crippen molar-refractivity contribution in [3.63, 3.8) is 0 Å². The summed E-state index contributed by atoms with van der Waals surface area (Å²) in [6.45, 7) is 1.64. The average Bonchev–Trinajstić information content (AvgIpc) is 2.06. The molecule has 7 heteroatoms. The van der Waals surface area contributed by atoms with Crippen molar-refractivity contribution in [1.29, 1.82) is 0 Å². The molecule has 0 bridgehead atoms. The van der Waals surface area contributed by atoms with Crippen LogP contribution < -0.4 is 0 Å². The summed E-state index contributed by atoms with van der Waals surface area (Å²) in [6, 6.07) is 0. The number of nitrogens with zero attached hydrogens (tertiary/aromatic N) is 1. The predicted molar refractivity (Wildman–Crippen MR) is 44.1 cm³/mol. The van der Waals surface area contributed by atoms with Crippen LogP contribution in [0.15, 0.2) is 12.7 Å². The Balaban J connectivity index is 2.43. The molecule has 0 spiro atoms. The highest BCUT2D eigenvalue weighted by atomic mass is 19.4. The fourth-order valence-corrected chi connectivity index (χ4v) is 1.12. The van der Waals surface area contributed by atoms with Gasteiger partial charge >= 0.3 is 12.3 Å². The van der Waals surface area contributed by atoms with Crippen LogP contribution in [0.1, 0.15) is 0 Å². The number of carbonyl (C=O) groups is 1. The van der Waals surface area contributed by atoms with Gasteiger partial charge in [0.15, 0.2) is 5.60 Å². The first kappa shape index (κ1) is 11.8. The van der Waals surface area contributed by atoms with E-state index in [1.54, 1.807) is 0 Å². The fraction of sp³-hybridized carbons (Fsp3) is 0.625. The highest BCUT2D eigenvalue weighted by Crippen LogP contribution is 2.37. The molecule has 86 valence electrons. The van der Waals surface area contributed by atoms with Crippen LogP contribution in [0.3, 0.4) is 0 Å². The first-order valence-electron chi connectivity index (χ1n) is 4.12. The second-order valence-corrected chi connectivity index (χ2v) is 3.25. The Bertz CT molecular complexity index is 271. The van der Waals surface area contributed by atoms with Gasteiger partial charge in [-0.15, -0.1) is 0 Å². The molecule has 1 N–H and O–H groups in total. The van der Waals surface area contributed by atoms with Crippen molar-refractivity contribution < 1.29 is 27.8 Å². The first-order valence-corrected chi connectivity index (χ1v) is 4.12. The zero-order valence-corrected chi connectivity index (χ0v) is 7.75. The molecule has 0 unspecified atom stereocenters. The van der Waals surface area contributed by atoms with Gasteiger partial charge < -0.3 is 14.7 Å². The molecule has 1 amide bonds. The Labute approximate surface area is 83.9 Å². The average molecular weight is 225 g/mol. The van der Waals surface area contributed by atoms with Gasteiger partial charge in [0, 0.05) is 0 Å². The lowest BCUT2D eigenvalue weighted by molar-refractivity contribution is -0.295. The third-order valence-electron chi connectivity index (χ3n) is 2.02. The van der Waals surface area contributed by atoms with E-state index in [0.717, 1.165) is 4.90 Å². The zero-order chi connectivity index (χ0) is 11.7. The van der Waals surface area contributed by atoms with E-state index in [1.165, 1.54) is 6.08 Å². The third kappa shape index (κ3) is 2.23. The minimum atomic E-state index is -4.72. The topological polar surface area (TPSA) is 49.8 Å². The molecule has 15 heavy (non-hydrogen) atoms. The van der Waals surface area contributed by atoms with E-state index in [4.69, 9.17) is 5.11 Å². The van der Waals surface area contributed by atoms with Crippen LogP contribution in [0.4, 0.5) is 18.0 Å². The number of carbonyl (C=O) groups excluding carboxylic acids is 1. The predicted octanol–water partition coefficient (Wildman–Crippen LogP) is 0.918. The van der Waals surface area contributed by atoms with Gasteiger partial charge in [-0.05, 0) is 0 Å². The van der Waals surface area contributed by atoms with Crippen molar-refractivity contribution in [3.05, 3.63) is 12.7 Å². The van der Waals surface area contributed by atoms with Crippen molar-refractivity contribution in [2.45, 2.75) is 11.8 Å². The van der Waals surface area contributed by atoms with Crippen LogP contribution in [0.2, 0.25) is 0 Å². The minimum absolute atomic E-state index is 0.0697. The number of ether oxygens (including phenoxy) is 1. The van der Waals surface area contributed by atoms with Gasteiger partial charge in [-0.3, -0.25) is 0 Å². The third-order valence-corrected chi connectivity index (χ3v) is 2.02. The summed E-state index contributed by atoms with van der Waals surface area (Å²) in [5, 5.41) is 9.00. The quantitative estimate of drug-likeness (QED) is 0.711. The molecule has 1 fully saturated rings. The summed E-state index contributed by atoms with van der Waals surface area (Å²) in [5.41, 5.74) is -2.79. The van der Waals surface area contributed by atoms with Gasteiger partial charge in [-0.25, -0.2) is 4.79 Å². The van der Waals surface area contributed by atoms with Crippen molar-refractivity contribution >= 4 is 6.09 Å². The Morgan fingerprint density at radius 2 is 2.13 bits per heavy atom. The molecule has 1 aliphatic heterocycles. The maximum Gasteiger partial charge on any atom is 0.420 e. The number of likely N-dealkylation sites (tertiary alicyclic amines) is 1. The molecule has 1 aliphatic rings. The smallest absolute Gasteiger partial charge is 0.420 e. The van der Waals surface area contributed by atoms with Crippen LogP contribution >= 0.6 is 0 Å². The van der Waals surface area contributed by atoms with Crippen molar-refractivity contribution in [1.82, 2.24) is 4.90 Å². The molecule has 1 rings (SSSR count). The standard InChI is InChI=1S/C8H10F3NO3/c1-2-3-15-6(13)12-4-7(14,5-12)8(9,10)11/h2,14H,1,3-5H2. The number of rotatable bonds is 2. The van der Waals surface area contributed by atoms with Gasteiger partial charge in [0.2, 0.25) is 0 Å². The number of β-amino-alcohol motifs (C(OH)–C–C–N with tert-alkyl or cyclic N) is 1. The molecule has 0 atom stereocenters. The molecule has 0 aromatic rings. The molecule has 1 heterocycles. The first-order chi connectivity index (χ1) is 6.80. The van der Waals surface area contributed by atoms with E-state index < -0.39 is 31.0 Å². The maximum absolute atomic E-state index is 12.1. The Hall–Kier alpha value is -1.24. The zero-order valence-electron chi connectivity index (χ0n) is 7.75. The second-order valence-electron chi connectivity index (χ2n) is 3.25. The summed E-state index contributed by atoms with van der Waals surface area (Å²) in [4.78, 5) is 11.8. The van der Waals surface area contributed by atoms with Crippen LogP contribution in [0, 0.1) is 0 Å². The molecule has 0 aromatic heterocycles. The lowest BCUT2D eigenvalue weighted by atomic mass is 9.94. The lowest BCUT2D eigenvalue weighted by Crippen LogP contribution is -2.70. The number of halogens is 3. The number of alkyl halides is 3. The van der Waals surface area contributed by atoms with E-state index in [9.17, 15) is 18.0 Å². The number of amides is 1. The van der Waals surface area contributed by atoms with Crippen LogP contribution in [-0.2, 0) is 4.74 Å². The monoisotopic (exact) mass is 225 g/mol. The van der Waals surface area contributed by atoms with E-state index in [-0.39, 0.29) is 6.61 Å². The molecular weight excluding hydrogens is 215 g/mol. The van der Waals surface area contributed by atoms with E-state index >= 15 is 0 Å². The summed E-state index contributed by atoms with van der Waals surface area (Å²) >= 11 is 0. The van der Waals surface area contributed by atoms with Gasteiger partial charge in [-0.2, -0.15) is 13.2 Å². The molecule has 0 aliphatic carbocycles. The summed E-state index contributed by atoms with van der Waals surface area (Å²) < 4.78 is 40.9. The molecule has 0 radical (unpaired) electrons. The number of hydrogen-bond acceptors (Lipinski definition) is 3. The summed E-state index contributed by atoms with van der Waals surface area (Å²) in [6.07, 6.45) is -4.31. The van der Waals surface area contributed by atoms with Crippen molar-refractivity contribution in [2.24, 2.45) is 0 Å². The molecular formula is C8H10F3NO3. The van der Waals surface area contributed by atoms with Crippen LogP contribution in [-0.4, -0.2) is 47.6 Å².